The van der Waals surface area contributed by atoms with Crippen molar-refractivity contribution in [3.63, 3.8) is 0 Å². The van der Waals surface area contributed by atoms with E-state index < -0.39 is 10.0 Å². The largest absolute Gasteiger partial charge is 0.385 e. The highest BCUT2D eigenvalue weighted by molar-refractivity contribution is 8.34. The van der Waals surface area contributed by atoms with Crippen LogP contribution in [0, 0.1) is 5.92 Å². The van der Waals surface area contributed by atoms with Crippen molar-refractivity contribution in [1.29, 1.82) is 0 Å². The first-order valence-electron chi connectivity index (χ1n) is 17.3. The number of allylic oxidation sites excluding steroid dienone is 5. The molecule has 0 bridgehead atoms. The highest BCUT2D eigenvalue weighted by Crippen LogP contribution is 2.74. The molecule has 0 saturated heterocycles. The number of rotatable bonds is 10. The Bertz CT molecular complexity index is 1700. The molecular formula is C43H48N2S. The lowest BCUT2D eigenvalue weighted by Crippen LogP contribution is -2.47. The molecule has 3 aliphatic rings. The number of fused-ring (bicyclic) bond motifs is 3. The summed E-state index contributed by atoms with van der Waals surface area (Å²) in [7, 11) is -1.80. The second kappa shape index (κ2) is 13.0. The van der Waals surface area contributed by atoms with E-state index >= 15 is 0 Å². The first-order chi connectivity index (χ1) is 22.6. The highest BCUT2D eigenvalue weighted by atomic mass is 32.3. The standard InChI is InChI=1S/C43H48N2S/c1-4-5-15-31-44-34-24-26-38(27-25-34)46(36-20-11-7-12-21-36,37-22-13-8-14-23-37)39-28-29-41-40(32-39)43(3)30-16-17-33(2)42(43)45(41)35-18-9-6-10-19-35/h6-9,11-14,16,18,20-30,32-33,42,44H,4-5,10,15,17,19,31H2,1-3H3/t33?,42?,43-/m1/s1. The maximum Gasteiger partial charge on any atom is 0.0497 e. The van der Waals surface area contributed by atoms with E-state index in [2.05, 4.69) is 164 Å². The Labute approximate surface area is 278 Å². The Hall–Kier alpha value is -3.95. The van der Waals surface area contributed by atoms with Crippen LogP contribution in [0.1, 0.15) is 64.9 Å². The fourth-order valence-electron chi connectivity index (χ4n) is 8.19. The quantitative estimate of drug-likeness (QED) is 0.139. The van der Waals surface area contributed by atoms with Crippen molar-refractivity contribution in [2.75, 3.05) is 16.8 Å². The Kier molecular flexibility index (Phi) is 8.70. The van der Waals surface area contributed by atoms with E-state index in [-0.39, 0.29) is 5.41 Å². The van der Waals surface area contributed by atoms with Crippen LogP contribution in [0.25, 0.3) is 0 Å². The minimum Gasteiger partial charge on any atom is -0.385 e. The summed E-state index contributed by atoms with van der Waals surface area (Å²) in [6.07, 6.45) is 18.9. The van der Waals surface area contributed by atoms with Crippen LogP contribution in [0.3, 0.4) is 0 Å². The summed E-state index contributed by atoms with van der Waals surface area (Å²) in [6, 6.07) is 39.9. The third-order valence-corrected chi connectivity index (χ3v) is 14.3. The monoisotopic (exact) mass is 624 g/mol. The summed E-state index contributed by atoms with van der Waals surface area (Å²) in [5.41, 5.74) is 5.45. The van der Waals surface area contributed by atoms with E-state index in [1.807, 2.05) is 0 Å². The number of unbranched alkanes of at least 4 members (excludes halogenated alkanes) is 2. The van der Waals surface area contributed by atoms with Crippen molar-refractivity contribution in [2.45, 2.75) is 90.3 Å². The second-order valence-corrected chi connectivity index (χ2v) is 16.5. The molecule has 0 radical (unpaired) electrons. The smallest absolute Gasteiger partial charge is 0.0497 e. The summed E-state index contributed by atoms with van der Waals surface area (Å²) in [4.78, 5) is 8.23. The van der Waals surface area contributed by atoms with E-state index in [0.717, 1.165) is 25.8 Å². The minimum absolute atomic E-state index is 0.0597. The van der Waals surface area contributed by atoms with Crippen LogP contribution in [0.2, 0.25) is 0 Å². The number of nitrogens with zero attached hydrogens (tertiary/aromatic N) is 1. The van der Waals surface area contributed by atoms with Crippen molar-refractivity contribution >= 4 is 21.4 Å². The van der Waals surface area contributed by atoms with Gasteiger partial charge < -0.3 is 10.2 Å². The molecule has 4 aromatic rings. The van der Waals surface area contributed by atoms with Gasteiger partial charge in [0.2, 0.25) is 0 Å². The van der Waals surface area contributed by atoms with Gasteiger partial charge in [-0.05, 0) is 117 Å². The molecule has 236 valence electrons. The Morgan fingerprint density at radius 3 is 2.13 bits per heavy atom. The van der Waals surface area contributed by atoms with Gasteiger partial charge in [0, 0.05) is 54.7 Å². The molecule has 0 fully saturated rings. The van der Waals surface area contributed by atoms with Gasteiger partial charge in [-0.15, -0.1) is 10.0 Å². The summed E-state index contributed by atoms with van der Waals surface area (Å²) < 4.78 is 0. The number of hydrogen-bond acceptors (Lipinski definition) is 2. The number of benzene rings is 4. The zero-order chi connectivity index (χ0) is 31.6. The third kappa shape index (κ3) is 5.23. The van der Waals surface area contributed by atoms with Gasteiger partial charge in [-0.3, -0.25) is 0 Å². The van der Waals surface area contributed by atoms with Crippen molar-refractivity contribution in [3.05, 3.63) is 145 Å². The van der Waals surface area contributed by atoms with Crippen LogP contribution in [-0.4, -0.2) is 12.6 Å². The van der Waals surface area contributed by atoms with Crippen molar-refractivity contribution < 1.29 is 0 Å². The Morgan fingerprint density at radius 2 is 1.48 bits per heavy atom. The lowest BCUT2D eigenvalue weighted by atomic mass is 9.69. The van der Waals surface area contributed by atoms with Crippen LogP contribution < -0.4 is 10.2 Å². The van der Waals surface area contributed by atoms with E-state index in [9.17, 15) is 0 Å². The van der Waals surface area contributed by atoms with Gasteiger partial charge in [-0.2, -0.15) is 0 Å². The normalized spacial score (nSPS) is 22.2. The van der Waals surface area contributed by atoms with Gasteiger partial charge in [0.05, 0.1) is 0 Å². The summed E-state index contributed by atoms with van der Waals surface area (Å²) in [5, 5.41) is 3.67. The van der Waals surface area contributed by atoms with Gasteiger partial charge in [-0.25, -0.2) is 0 Å². The molecule has 3 heteroatoms. The molecule has 2 aliphatic carbocycles. The Balaban J connectivity index is 1.44. The van der Waals surface area contributed by atoms with Gasteiger partial charge in [0.1, 0.15) is 0 Å². The molecule has 0 saturated carbocycles. The molecule has 0 aromatic heterocycles. The summed E-state index contributed by atoms with van der Waals surface area (Å²) in [5.74, 6) is 0.565. The zero-order valence-electron chi connectivity index (χ0n) is 27.7. The predicted molar refractivity (Wildman–Crippen MR) is 197 cm³/mol. The molecular weight excluding hydrogens is 577 g/mol. The number of hydrogen-bond donors (Lipinski definition) is 1. The lowest BCUT2D eigenvalue weighted by molar-refractivity contribution is 0.337. The van der Waals surface area contributed by atoms with Gasteiger partial charge in [0.15, 0.2) is 0 Å². The molecule has 1 aliphatic heterocycles. The molecule has 4 aromatic carbocycles. The molecule has 2 nitrogen and oxygen atoms in total. The first kappa shape index (κ1) is 30.7. The van der Waals surface area contributed by atoms with Crippen LogP contribution >= 0.6 is 10.0 Å². The number of nitrogens with one attached hydrogen (secondary N) is 1. The van der Waals surface area contributed by atoms with E-state index in [0.29, 0.717) is 12.0 Å². The molecule has 3 atom stereocenters. The van der Waals surface area contributed by atoms with Crippen molar-refractivity contribution in [2.24, 2.45) is 5.92 Å². The molecule has 0 spiro atoms. The molecule has 7 rings (SSSR count). The first-order valence-corrected chi connectivity index (χ1v) is 19.0. The maximum absolute atomic E-state index is 3.67. The molecule has 46 heavy (non-hydrogen) atoms. The van der Waals surface area contributed by atoms with Crippen LogP contribution in [0.5, 0.6) is 0 Å². The van der Waals surface area contributed by atoms with Crippen LogP contribution in [0.4, 0.5) is 11.4 Å². The van der Waals surface area contributed by atoms with Gasteiger partial charge >= 0.3 is 0 Å². The van der Waals surface area contributed by atoms with Crippen LogP contribution in [-0.2, 0) is 5.41 Å². The van der Waals surface area contributed by atoms with Gasteiger partial charge in [0.25, 0.3) is 0 Å². The number of anilines is 2. The van der Waals surface area contributed by atoms with E-state index in [1.165, 1.54) is 61.5 Å². The van der Waals surface area contributed by atoms with E-state index in [4.69, 9.17) is 0 Å². The lowest BCUT2D eigenvalue weighted by Gasteiger charge is -2.43. The highest BCUT2D eigenvalue weighted by Gasteiger charge is 2.51. The Morgan fingerprint density at radius 1 is 0.804 bits per heavy atom. The van der Waals surface area contributed by atoms with Gasteiger partial charge in [-0.1, -0.05) is 87.4 Å². The zero-order valence-corrected chi connectivity index (χ0v) is 28.5. The fourth-order valence-corrected chi connectivity index (χ4v) is 12.1. The fraction of sp³-hybridized carbons (Fsp3) is 0.302. The molecule has 0 amide bonds. The van der Waals surface area contributed by atoms with Crippen LogP contribution in [0.15, 0.2) is 159 Å². The van der Waals surface area contributed by atoms with Crippen molar-refractivity contribution in [3.8, 4) is 0 Å². The van der Waals surface area contributed by atoms with Crippen molar-refractivity contribution in [1.82, 2.24) is 0 Å². The third-order valence-electron chi connectivity index (χ3n) is 10.4. The summed E-state index contributed by atoms with van der Waals surface area (Å²) >= 11 is 0. The molecule has 2 unspecified atom stereocenters. The second-order valence-electron chi connectivity index (χ2n) is 13.4. The predicted octanol–water partition coefficient (Wildman–Crippen LogP) is 11.9. The SMILES string of the molecule is CCCCCNc1ccc(S(c2ccccc2)(c2ccccc2)c2ccc3c(c2)[C@@]2(C)C=CCC(C)C2N3C2=CC=CCC2)cc1. The molecule has 1 heterocycles. The molecule has 1 N–H and O–H groups in total. The van der Waals surface area contributed by atoms with E-state index in [1.54, 1.807) is 0 Å². The minimum atomic E-state index is -1.80. The maximum atomic E-state index is 3.67. The average Bonchev–Trinajstić information content (AvgIpc) is 3.38. The average molecular weight is 625 g/mol. The topological polar surface area (TPSA) is 15.3 Å². The summed E-state index contributed by atoms with van der Waals surface area (Å²) in [6.45, 7) is 8.22.